The SMILES string of the molecule is CC(=O)NCCCCCC(=O)NCc1cccc(-c2cccc([C@H]3O[C@@H](CSc4ccccc4)[C@@H](C)[C@@H](c4ccc(CO)cc4)O3)c2)c1. The number of amides is 2. The van der Waals surface area contributed by atoms with Crippen LogP contribution in [0.5, 0.6) is 0 Å². The van der Waals surface area contributed by atoms with Gasteiger partial charge in [0.25, 0.3) is 0 Å². The number of nitrogens with one attached hydrogen (secondary N) is 2. The molecular formula is C40H46N2O5S. The predicted octanol–water partition coefficient (Wildman–Crippen LogP) is 7.74. The summed E-state index contributed by atoms with van der Waals surface area (Å²) in [5, 5.41) is 15.4. The maximum absolute atomic E-state index is 12.4. The summed E-state index contributed by atoms with van der Waals surface area (Å²) in [7, 11) is 0. The van der Waals surface area contributed by atoms with Crippen molar-refractivity contribution in [3.63, 3.8) is 0 Å². The van der Waals surface area contributed by atoms with Crippen LogP contribution in [0.3, 0.4) is 0 Å². The molecule has 4 aromatic carbocycles. The lowest BCUT2D eigenvalue weighted by Crippen LogP contribution is -2.38. The fourth-order valence-corrected chi connectivity index (χ4v) is 6.96. The molecule has 4 aromatic rings. The molecule has 1 saturated heterocycles. The van der Waals surface area contributed by atoms with E-state index in [1.165, 1.54) is 11.8 Å². The molecule has 48 heavy (non-hydrogen) atoms. The Kier molecular flexibility index (Phi) is 13.3. The molecule has 3 N–H and O–H groups in total. The third kappa shape index (κ3) is 10.3. The third-order valence-electron chi connectivity index (χ3n) is 8.64. The zero-order valence-corrected chi connectivity index (χ0v) is 28.6. The first-order valence-electron chi connectivity index (χ1n) is 16.8. The van der Waals surface area contributed by atoms with Crippen molar-refractivity contribution in [2.75, 3.05) is 12.3 Å². The Morgan fingerprint density at radius 2 is 1.52 bits per heavy atom. The molecule has 0 aliphatic carbocycles. The summed E-state index contributed by atoms with van der Waals surface area (Å²) in [6.07, 6.45) is 2.26. The molecule has 2 amide bonds. The standard InChI is InChI=1S/C40H46N2O5S/c1-28-37(27-48-36-15-5-3-6-16-36)46-40(47-39(28)32-20-18-30(26-43)19-21-32)35-14-10-13-34(24-35)33-12-9-11-31(23-33)25-42-38(45)17-7-4-8-22-41-29(2)44/h3,5-6,9-16,18-21,23-24,28,37,39-40,43H,4,7-8,17,22,25-27H2,1-2H3,(H,41,44)(H,42,45)/t28-,37+,39+,40+/m1/s1. The molecular weight excluding hydrogens is 621 g/mol. The molecule has 0 saturated carbocycles. The summed E-state index contributed by atoms with van der Waals surface area (Å²) < 4.78 is 13.4. The Labute approximate surface area is 288 Å². The van der Waals surface area contributed by atoms with E-state index >= 15 is 0 Å². The zero-order chi connectivity index (χ0) is 33.7. The highest BCUT2D eigenvalue weighted by Crippen LogP contribution is 2.43. The number of unbranched alkanes of at least 4 members (excludes halogenated alkanes) is 2. The Morgan fingerprint density at radius 3 is 2.27 bits per heavy atom. The largest absolute Gasteiger partial charge is 0.392 e. The molecule has 0 spiro atoms. The van der Waals surface area contributed by atoms with Crippen molar-refractivity contribution in [1.82, 2.24) is 10.6 Å². The highest BCUT2D eigenvalue weighted by Gasteiger charge is 2.38. The van der Waals surface area contributed by atoms with Gasteiger partial charge in [0.05, 0.1) is 18.8 Å². The van der Waals surface area contributed by atoms with E-state index in [0.717, 1.165) is 58.4 Å². The van der Waals surface area contributed by atoms with Gasteiger partial charge in [0.2, 0.25) is 11.8 Å². The molecule has 0 bridgehead atoms. The van der Waals surface area contributed by atoms with Crippen molar-refractivity contribution >= 4 is 23.6 Å². The van der Waals surface area contributed by atoms with E-state index in [1.54, 1.807) is 11.8 Å². The Balaban J connectivity index is 1.26. The van der Waals surface area contributed by atoms with E-state index in [-0.39, 0.29) is 36.5 Å². The molecule has 5 rings (SSSR count). The van der Waals surface area contributed by atoms with E-state index in [9.17, 15) is 14.7 Å². The number of aliphatic hydroxyl groups excluding tert-OH is 1. The Morgan fingerprint density at radius 1 is 0.771 bits per heavy atom. The van der Waals surface area contributed by atoms with E-state index in [2.05, 4.69) is 72.2 Å². The van der Waals surface area contributed by atoms with Crippen molar-refractivity contribution < 1.29 is 24.2 Å². The lowest BCUT2D eigenvalue weighted by atomic mass is 9.91. The third-order valence-corrected chi connectivity index (χ3v) is 9.74. The summed E-state index contributed by atoms with van der Waals surface area (Å²) in [5.41, 5.74) is 6.01. The second kappa shape index (κ2) is 18.0. The fraction of sp³-hybridized carbons (Fsp3) is 0.350. The summed E-state index contributed by atoms with van der Waals surface area (Å²) in [6, 6.07) is 34.9. The van der Waals surface area contributed by atoms with E-state index < -0.39 is 6.29 Å². The predicted molar refractivity (Wildman–Crippen MR) is 191 cm³/mol. The highest BCUT2D eigenvalue weighted by atomic mass is 32.2. The van der Waals surface area contributed by atoms with Gasteiger partial charge in [-0.05, 0) is 64.9 Å². The van der Waals surface area contributed by atoms with Crippen molar-refractivity contribution in [2.24, 2.45) is 5.92 Å². The van der Waals surface area contributed by atoms with Crippen molar-refractivity contribution in [3.8, 4) is 11.1 Å². The summed E-state index contributed by atoms with van der Waals surface area (Å²) in [5.74, 6) is 0.907. The molecule has 0 unspecified atom stereocenters. The number of carbonyl (C=O) groups excluding carboxylic acids is 2. The number of aliphatic hydroxyl groups is 1. The average Bonchev–Trinajstić information content (AvgIpc) is 3.12. The minimum absolute atomic E-state index is 0.00588. The van der Waals surface area contributed by atoms with Crippen LogP contribution < -0.4 is 10.6 Å². The minimum Gasteiger partial charge on any atom is -0.392 e. The Hall–Kier alpha value is -3.95. The molecule has 0 aromatic heterocycles. The first-order valence-corrected chi connectivity index (χ1v) is 17.8. The van der Waals surface area contributed by atoms with E-state index in [4.69, 9.17) is 9.47 Å². The smallest absolute Gasteiger partial charge is 0.220 e. The monoisotopic (exact) mass is 666 g/mol. The van der Waals surface area contributed by atoms with Crippen LogP contribution in [-0.4, -0.2) is 35.3 Å². The zero-order valence-electron chi connectivity index (χ0n) is 27.8. The molecule has 1 aliphatic rings. The van der Waals surface area contributed by atoms with E-state index in [1.807, 2.05) is 48.5 Å². The highest BCUT2D eigenvalue weighted by molar-refractivity contribution is 7.99. The van der Waals surface area contributed by atoms with Crippen molar-refractivity contribution in [2.45, 2.75) is 76.1 Å². The number of benzene rings is 4. The molecule has 252 valence electrons. The maximum atomic E-state index is 12.4. The topological polar surface area (TPSA) is 96.9 Å². The van der Waals surface area contributed by atoms with Gasteiger partial charge in [-0.1, -0.05) is 92.2 Å². The van der Waals surface area contributed by atoms with Crippen molar-refractivity contribution in [1.29, 1.82) is 0 Å². The molecule has 8 heteroatoms. The van der Waals surface area contributed by atoms with Crippen LogP contribution in [0, 0.1) is 5.92 Å². The molecule has 1 heterocycles. The number of rotatable bonds is 15. The van der Waals surface area contributed by atoms with Crippen LogP contribution in [0.2, 0.25) is 0 Å². The van der Waals surface area contributed by atoms with Gasteiger partial charge >= 0.3 is 0 Å². The lowest BCUT2D eigenvalue weighted by molar-refractivity contribution is -0.268. The van der Waals surface area contributed by atoms with Crippen LogP contribution in [0.15, 0.2) is 108 Å². The van der Waals surface area contributed by atoms with Gasteiger partial charge in [-0.3, -0.25) is 9.59 Å². The molecule has 0 radical (unpaired) electrons. The van der Waals surface area contributed by atoms with Crippen LogP contribution in [0.25, 0.3) is 11.1 Å². The van der Waals surface area contributed by atoms with E-state index in [0.29, 0.717) is 19.5 Å². The quantitative estimate of drug-likeness (QED) is 0.0888. The second-order valence-corrected chi connectivity index (χ2v) is 13.4. The van der Waals surface area contributed by atoms with Gasteiger partial charge in [-0.2, -0.15) is 0 Å². The fourth-order valence-electron chi connectivity index (χ4n) is 5.87. The lowest BCUT2D eigenvalue weighted by Gasteiger charge is -2.41. The maximum Gasteiger partial charge on any atom is 0.220 e. The number of hydrogen-bond donors (Lipinski definition) is 3. The van der Waals surface area contributed by atoms with Gasteiger partial charge in [-0.25, -0.2) is 0 Å². The first-order chi connectivity index (χ1) is 23.4. The summed E-state index contributed by atoms with van der Waals surface area (Å²) in [4.78, 5) is 24.6. The normalized spacial score (nSPS) is 19.1. The molecule has 4 atom stereocenters. The van der Waals surface area contributed by atoms with Crippen LogP contribution in [-0.2, 0) is 32.2 Å². The number of ether oxygens (including phenoxy) is 2. The minimum atomic E-state index is -0.550. The van der Waals surface area contributed by atoms with Gasteiger partial charge in [0.15, 0.2) is 6.29 Å². The second-order valence-electron chi connectivity index (χ2n) is 12.3. The Bertz CT molecular complexity index is 1610. The van der Waals surface area contributed by atoms with Gasteiger partial charge in [0.1, 0.15) is 0 Å². The number of thioether (sulfide) groups is 1. The first kappa shape index (κ1) is 35.4. The van der Waals surface area contributed by atoms with Crippen LogP contribution in [0.4, 0.5) is 0 Å². The van der Waals surface area contributed by atoms with Crippen molar-refractivity contribution in [3.05, 3.63) is 125 Å². The summed E-state index contributed by atoms with van der Waals surface area (Å²) >= 11 is 1.79. The number of hydrogen-bond acceptors (Lipinski definition) is 6. The molecule has 1 aliphatic heterocycles. The van der Waals surface area contributed by atoms with Crippen LogP contribution >= 0.6 is 11.8 Å². The average molecular weight is 667 g/mol. The van der Waals surface area contributed by atoms with Crippen LogP contribution in [0.1, 0.15) is 74.2 Å². The molecule has 7 nitrogen and oxygen atoms in total. The van der Waals surface area contributed by atoms with Gasteiger partial charge < -0.3 is 25.2 Å². The summed E-state index contributed by atoms with van der Waals surface area (Å²) in [6.45, 7) is 4.82. The molecule has 1 fully saturated rings. The van der Waals surface area contributed by atoms with Gasteiger partial charge in [-0.15, -0.1) is 11.8 Å². The van der Waals surface area contributed by atoms with Gasteiger partial charge in [0, 0.05) is 48.6 Å². The number of carbonyl (C=O) groups is 2.